The molecule has 0 aromatic carbocycles. The molecule has 1 aliphatic heterocycles. The maximum Gasteiger partial charge on any atom is 0.180 e. The Morgan fingerprint density at radius 2 is 2.38 bits per heavy atom. The third-order valence-electron chi connectivity index (χ3n) is 3.06. The van der Waals surface area contributed by atoms with Crippen LogP contribution < -0.4 is 5.32 Å². The second kappa shape index (κ2) is 6.89. The summed E-state index contributed by atoms with van der Waals surface area (Å²) in [6, 6.07) is 0.678. The second-order valence-corrected chi connectivity index (χ2v) is 4.23. The van der Waals surface area contributed by atoms with E-state index in [9.17, 15) is 0 Å². The Balaban J connectivity index is 0.00000128. The van der Waals surface area contributed by atoms with Crippen LogP contribution in [-0.2, 0) is 6.54 Å². The zero-order chi connectivity index (χ0) is 10.5. The molecule has 1 atom stereocenters. The molecule has 2 heterocycles. The maximum absolute atomic E-state index is 4.98. The highest BCUT2D eigenvalue weighted by Crippen LogP contribution is 2.13. The highest BCUT2D eigenvalue weighted by molar-refractivity contribution is 5.85. The zero-order valence-electron chi connectivity index (χ0n) is 9.69. The van der Waals surface area contributed by atoms with Crippen molar-refractivity contribution < 1.29 is 4.42 Å². The van der Waals surface area contributed by atoms with E-state index in [1.165, 1.54) is 25.7 Å². The van der Waals surface area contributed by atoms with Gasteiger partial charge in [0.2, 0.25) is 0 Å². The molecule has 1 aromatic heterocycles. The lowest BCUT2D eigenvalue weighted by atomic mass is 10.1. The minimum Gasteiger partial charge on any atom is -0.451 e. The van der Waals surface area contributed by atoms with Gasteiger partial charge in [-0.2, -0.15) is 0 Å². The quantitative estimate of drug-likeness (QED) is 0.880. The van der Waals surface area contributed by atoms with Gasteiger partial charge in [-0.25, -0.2) is 4.98 Å². The van der Waals surface area contributed by atoms with Crippen LogP contribution in [0.4, 0.5) is 0 Å². The Morgan fingerprint density at radius 3 is 3.12 bits per heavy atom. The van der Waals surface area contributed by atoms with Crippen molar-refractivity contribution in [2.45, 2.75) is 31.8 Å². The lowest BCUT2D eigenvalue weighted by Crippen LogP contribution is -2.32. The van der Waals surface area contributed by atoms with Gasteiger partial charge in [-0.1, -0.05) is 0 Å². The summed E-state index contributed by atoms with van der Waals surface area (Å²) in [5.41, 5.74) is 1.02. The Labute approximate surface area is 103 Å². The van der Waals surface area contributed by atoms with Crippen molar-refractivity contribution in [3.8, 4) is 0 Å². The van der Waals surface area contributed by atoms with Gasteiger partial charge in [0.1, 0.15) is 6.26 Å². The molecule has 2 rings (SSSR count). The van der Waals surface area contributed by atoms with Crippen molar-refractivity contribution in [3.63, 3.8) is 0 Å². The minimum atomic E-state index is 0. The largest absolute Gasteiger partial charge is 0.451 e. The van der Waals surface area contributed by atoms with Crippen molar-refractivity contribution in [2.75, 3.05) is 20.1 Å². The van der Waals surface area contributed by atoms with Gasteiger partial charge in [-0.15, -0.1) is 12.4 Å². The first kappa shape index (κ1) is 13.5. The molecule has 1 fully saturated rings. The van der Waals surface area contributed by atoms with E-state index in [1.807, 2.05) is 0 Å². The topological polar surface area (TPSA) is 41.3 Å². The summed E-state index contributed by atoms with van der Waals surface area (Å²) in [5.74, 6) is 0. The molecule has 4 nitrogen and oxygen atoms in total. The minimum absolute atomic E-state index is 0. The lowest BCUT2D eigenvalue weighted by Gasteiger charge is -2.25. The van der Waals surface area contributed by atoms with Crippen LogP contribution in [-0.4, -0.2) is 36.1 Å². The summed E-state index contributed by atoms with van der Waals surface area (Å²) in [7, 11) is 2.17. The number of aromatic nitrogens is 1. The van der Waals surface area contributed by atoms with Crippen molar-refractivity contribution in [1.29, 1.82) is 0 Å². The fraction of sp³-hybridized carbons (Fsp3) is 0.727. The Hall–Kier alpha value is -0.580. The molecule has 1 unspecified atom stereocenters. The predicted molar refractivity (Wildman–Crippen MR) is 65.7 cm³/mol. The first-order valence-electron chi connectivity index (χ1n) is 5.64. The molecule has 1 aliphatic rings. The summed E-state index contributed by atoms with van der Waals surface area (Å²) in [6.45, 7) is 3.18. The van der Waals surface area contributed by atoms with Gasteiger partial charge in [0.25, 0.3) is 0 Å². The van der Waals surface area contributed by atoms with Crippen LogP contribution in [0.15, 0.2) is 17.1 Å². The Morgan fingerprint density at radius 1 is 1.50 bits per heavy atom. The van der Waals surface area contributed by atoms with E-state index in [0.29, 0.717) is 6.04 Å². The van der Waals surface area contributed by atoms with E-state index in [1.54, 1.807) is 6.26 Å². The lowest BCUT2D eigenvalue weighted by molar-refractivity contribution is 0.214. The predicted octanol–water partition coefficient (Wildman–Crippen LogP) is 1.67. The van der Waals surface area contributed by atoms with E-state index in [-0.39, 0.29) is 12.4 Å². The summed E-state index contributed by atoms with van der Waals surface area (Å²) in [5, 5.41) is 3.43. The molecule has 16 heavy (non-hydrogen) atoms. The van der Waals surface area contributed by atoms with Gasteiger partial charge in [0.05, 0.1) is 5.69 Å². The van der Waals surface area contributed by atoms with Gasteiger partial charge in [0.15, 0.2) is 6.39 Å². The fourth-order valence-corrected chi connectivity index (χ4v) is 2.14. The average Bonchev–Trinajstić information content (AvgIpc) is 2.58. The third kappa shape index (κ3) is 3.77. The molecule has 0 spiro atoms. The van der Waals surface area contributed by atoms with Gasteiger partial charge >= 0.3 is 0 Å². The van der Waals surface area contributed by atoms with Crippen molar-refractivity contribution in [1.82, 2.24) is 15.2 Å². The van der Waals surface area contributed by atoms with Gasteiger partial charge in [-0.3, -0.25) is 4.90 Å². The van der Waals surface area contributed by atoms with Gasteiger partial charge in [-0.05, 0) is 39.4 Å². The molecular formula is C11H20ClN3O. The Bertz CT molecular complexity index is 271. The molecule has 0 aliphatic carbocycles. The van der Waals surface area contributed by atoms with E-state index in [4.69, 9.17) is 4.42 Å². The van der Waals surface area contributed by atoms with Crippen LogP contribution in [0.5, 0.6) is 0 Å². The highest BCUT2D eigenvalue weighted by Gasteiger charge is 2.17. The van der Waals surface area contributed by atoms with E-state index in [0.717, 1.165) is 25.3 Å². The molecule has 5 heteroatoms. The first-order valence-corrected chi connectivity index (χ1v) is 5.64. The summed E-state index contributed by atoms with van der Waals surface area (Å²) in [6.07, 6.45) is 7.01. The van der Waals surface area contributed by atoms with E-state index < -0.39 is 0 Å². The summed E-state index contributed by atoms with van der Waals surface area (Å²) in [4.78, 5) is 6.53. The van der Waals surface area contributed by atoms with Crippen LogP contribution in [0.25, 0.3) is 0 Å². The number of oxazole rings is 1. The van der Waals surface area contributed by atoms with Crippen LogP contribution in [0.3, 0.4) is 0 Å². The molecule has 1 aromatic rings. The zero-order valence-corrected chi connectivity index (χ0v) is 10.5. The molecule has 92 valence electrons. The standard InChI is InChI=1S/C11H19N3O.ClH/c1-14(7-10-8-15-9-13-10)11-3-2-5-12-6-4-11;/h8-9,11-12H,2-7H2,1H3;1H. The first-order chi connectivity index (χ1) is 7.36. The molecule has 0 bridgehead atoms. The normalized spacial score (nSPS) is 21.5. The van der Waals surface area contributed by atoms with Crippen LogP contribution in [0.1, 0.15) is 25.0 Å². The summed E-state index contributed by atoms with van der Waals surface area (Å²) < 4.78 is 4.98. The second-order valence-electron chi connectivity index (χ2n) is 4.23. The van der Waals surface area contributed by atoms with Crippen molar-refractivity contribution >= 4 is 12.4 Å². The van der Waals surface area contributed by atoms with Gasteiger partial charge < -0.3 is 9.73 Å². The Kier molecular flexibility index (Phi) is 5.80. The van der Waals surface area contributed by atoms with Crippen molar-refractivity contribution in [3.05, 3.63) is 18.4 Å². The smallest absolute Gasteiger partial charge is 0.180 e. The molecule has 0 amide bonds. The third-order valence-corrected chi connectivity index (χ3v) is 3.06. The highest BCUT2D eigenvalue weighted by atomic mass is 35.5. The average molecular weight is 246 g/mol. The van der Waals surface area contributed by atoms with E-state index >= 15 is 0 Å². The number of nitrogens with zero attached hydrogens (tertiary/aromatic N) is 2. The monoisotopic (exact) mass is 245 g/mol. The van der Waals surface area contributed by atoms with Crippen LogP contribution in [0, 0.1) is 0 Å². The molecule has 1 N–H and O–H groups in total. The maximum atomic E-state index is 4.98. The van der Waals surface area contributed by atoms with Gasteiger partial charge in [0, 0.05) is 12.6 Å². The van der Waals surface area contributed by atoms with Crippen molar-refractivity contribution in [2.24, 2.45) is 0 Å². The molecular weight excluding hydrogens is 226 g/mol. The molecule has 1 saturated heterocycles. The van der Waals surface area contributed by atoms with Crippen LogP contribution >= 0.6 is 12.4 Å². The fourth-order valence-electron chi connectivity index (χ4n) is 2.14. The number of hydrogen-bond acceptors (Lipinski definition) is 4. The summed E-state index contributed by atoms with van der Waals surface area (Å²) >= 11 is 0. The number of halogens is 1. The SMILES string of the molecule is CN(Cc1cocn1)C1CCCNCC1.Cl. The number of rotatable bonds is 3. The number of nitrogens with one attached hydrogen (secondary N) is 1. The van der Waals surface area contributed by atoms with Crippen LogP contribution in [0.2, 0.25) is 0 Å². The molecule has 0 saturated carbocycles. The van der Waals surface area contributed by atoms with E-state index in [2.05, 4.69) is 22.2 Å². The molecule has 0 radical (unpaired) electrons. The number of hydrogen-bond donors (Lipinski definition) is 1.